The van der Waals surface area contributed by atoms with Crippen LogP contribution in [0.4, 0.5) is 10.2 Å². The van der Waals surface area contributed by atoms with Crippen LogP contribution in [0.3, 0.4) is 0 Å². The van der Waals surface area contributed by atoms with Gasteiger partial charge < -0.3 is 10.3 Å². The van der Waals surface area contributed by atoms with Crippen molar-refractivity contribution >= 4 is 39.7 Å². The second-order valence-corrected chi connectivity index (χ2v) is 7.82. The molecule has 28 heavy (non-hydrogen) atoms. The van der Waals surface area contributed by atoms with Crippen LogP contribution in [0.5, 0.6) is 0 Å². The first-order valence-electron chi connectivity index (χ1n) is 8.70. The van der Waals surface area contributed by atoms with Gasteiger partial charge in [-0.1, -0.05) is 11.6 Å². The maximum Gasteiger partial charge on any atom is 0.253 e. The second kappa shape index (κ2) is 7.37. The van der Waals surface area contributed by atoms with E-state index < -0.39 is 11.9 Å². The van der Waals surface area contributed by atoms with Gasteiger partial charge >= 0.3 is 0 Å². The van der Waals surface area contributed by atoms with E-state index in [1.54, 1.807) is 43.5 Å². The number of pyridine rings is 2. The highest BCUT2D eigenvalue weighted by Crippen LogP contribution is 2.32. The zero-order chi connectivity index (χ0) is 19.8. The first-order valence-corrected chi connectivity index (χ1v) is 10.0. The van der Waals surface area contributed by atoms with Crippen LogP contribution in [-0.2, 0) is 0 Å². The lowest BCUT2D eigenvalue weighted by Crippen LogP contribution is -2.20. The van der Waals surface area contributed by atoms with E-state index >= 15 is 4.39 Å². The lowest BCUT2D eigenvalue weighted by Gasteiger charge is -2.16. The van der Waals surface area contributed by atoms with E-state index in [1.807, 2.05) is 17.7 Å². The second-order valence-electron chi connectivity index (χ2n) is 6.64. The molecule has 3 aromatic heterocycles. The number of fused-ring (bicyclic) bond motifs is 1. The molecule has 0 fully saturated rings. The maximum absolute atomic E-state index is 15.1. The molecule has 142 valence electrons. The van der Waals surface area contributed by atoms with Crippen LogP contribution in [0, 0.1) is 12.7 Å². The zero-order valence-electron chi connectivity index (χ0n) is 15.2. The lowest BCUT2D eigenvalue weighted by atomic mass is 10.1. The van der Waals surface area contributed by atoms with E-state index in [9.17, 15) is 4.79 Å². The molecule has 0 amide bonds. The molecule has 0 unspecified atom stereocenters. The molecule has 0 bridgehead atoms. The topological polar surface area (TPSA) is 57.8 Å². The van der Waals surface area contributed by atoms with Crippen LogP contribution in [0.1, 0.15) is 24.1 Å². The molecule has 0 spiro atoms. The van der Waals surface area contributed by atoms with Gasteiger partial charge in [-0.05, 0) is 66.1 Å². The van der Waals surface area contributed by atoms with Gasteiger partial charge in [0.1, 0.15) is 0 Å². The molecule has 1 aromatic carbocycles. The molecule has 4 rings (SSSR count). The Hall–Kier alpha value is -2.70. The van der Waals surface area contributed by atoms with E-state index in [0.29, 0.717) is 21.7 Å². The van der Waals surface area contributed by atoms with Gasteiger partial charge in [-0.3, -0.25) is 4.79 Å². The molecule has 0 aliphatic heterocycles. The molecule has 4 nitrogen and oxygen atoms in total. The molecule has 2 N–H and O–H groups in total. The molecule has 0 aliphatic carbocycles. The Bertz CT molecular complexity index is 1230. The van der Waals surface area contributed by atoms with Gasteiger partial charge in [0, 0.05) is 33.2 Å². The highest BCUT2D eigenvalue weighted by Gasteiger charge is 2.17. The number of aromatic nitrogens is 2. The molecule has 0 saturated heterocycles. The fourth-order valence-electron chi connectivity index (χ4n) is 3.19. The van der Waals surface area contributed by atoms with Crippen LogP contribution in [0.15, 0.2) is 52.1 Å². The molecule has 1 atom stereocenters. The largest absolute Gasteiger partial charge is 0.361 e. The van der Waals surface area contributed by atoms with Crippen LogP contribution >= 0.6 is 22.9 Å². The van der Waals surface area contributed by atoms with E-state index in [-0.39, 0.29) is 11.4 Å². The van der Waals surface area contributed by atoms with Gasteiger partial charge in [-0.2, -0.15) is 11.3 Å². The lowest BCUT2D eigenvalue weighted by molar-refractivity contribution is 0.624. The van der Waals surface area contributed by atoms with E-state index in [2.05, 4.69) is 15.3 Å². The molecule has 3 heterocycles. The molecule has 4 aromatic rings. The highest BCUT2D eigenvalue weighted by atomic mass is 35.5. The number of hydrogen-bond acceptors (Lipinski definition) is 4. The summed E-state index contributed by atoms with van der Waals surface area (Å²) in [5, 5.41) is 8.32. The van der Waals surface area contributed by atoms with Crippen LogP contribution in [-0.4, -0.2) is 9.97 Å². The third-order valence-corrected chi connectivity index (χ3v) is 5.79. The summed E-state index contributed by atoms with van der Waals surface area (Å²) < 4.78 is 15.1. The van der Waals surface area contributed by atoms with Crippen molar-refractivity contribution in [2.45, 2.75) is 19.9 Å². The van der Waals surface area contributed by atoms with Crippen molar-refractivity contribution in [2.24, 2.45) is 0 Å². The summed E-state index contributed by atoms with van der Waals surface area (Å²) in [6.07, 6.45) is 1.56. The predicted octanol–water partition coefficient (Wildman–Crippen LogP) is 5.93. The highest BCUT2D eigenvalue weighted by molar-refractivity contribution is 7.08. The van der Waals surface area contributed by atoms with Crippen LogP contribution in [0.2, 0.25) is 5.02 Å². The summed E-state index contributed by atoms with van der Waals surface area (Å²) >= 11 is 7.58. The smallest absolute Gasteiger partial charge is 0.253 e. The first kappa shape index (κ1) is 18.7. The Morgan fingerprint density at radius 1 is 1.21 bits per heavy atom. The number of rotatable bonds is 4. The maximum atomic E-state index is 15.1. The minimum Gasteiger partial charge on any atom is -0.361 e. The molecule has 0 saturated carbocycles. The van der Waals surface area contributed by atoms with Crippen molar-refractivity contribution in [2.75, 3.05) is 5.32 Å². The van der Waals surface area contributed by atoms with E-state index in [4.69, 9.17) is 11.6 Å². The zero-order valence-corrected chi connectivity index (χ0v) is 16.8. The van der Waals surface area contributed by atoms with Crippen molar-refractivity contribution in [3.05, 3.63) is 79.6 Å². The Morgan fingerprint density at radius 2 is 2.04 bits per heavy atom. The molecular weight excluding hydrogens is 397 g/mol. The number of H-pyrrole nitrogens is 1. The Balaban J connectivity index is 1.70. The van der Waals surface area contributed by atoms with Gasteiger partial charge in [0.05, 0.1) is 6.04 Å². The summed E-state index contributed by atoms with van der Waals surface area (Å²) in [6, 6.07) is 8.23. The summed E-state index contributed by atoms with van der Waals surface area (Å²) in [7, 11) is 0. The summed E-state index contributed by atoms with van der Waals surface area (Å²) in [6.45, 7) is 3.74. The SMILES string of the molecule is Cc1cscc1-c1ccnc(N[C@@H](C)c2cc3cc(Cl)ccc3[nH]c2=O)c1F. The van der Waals surface area contributed by atoms with Gasteiger partial charge in [0.25, 0.3) is 5.56 Å². The number of aromatic amines is 1. The number of hydrogen-bond donors (Lipinski definition) is 2. The average molecular weight is 414 g/mol. The summed E-state index contributed by atoms with van der Waals surface area (Å²) in [5.74, 6) is -0.322. The predicted molar refractivity (Wildman–Crippen MR) is 114 cm³/mol. The number of anilines is 1. The Morgan fingerprint density at radius 3 is 2.79 bits per heavy atom. The fourth-order valence-corrected chi connectivity index (χ4v) is 4.22. The van der Waals surface area contributed by atoms with Gasteiger partial charge in [0.15, 0.2) is 11.6 Å². The van der Waals surface area contributed by atoms with Gasteiger partial charge in [-0.25, -0.2) is 9.37 Å². The van der Waals surface area contributed by atoms with Gasteiger partial charge in [-0.15, -0.1) is 0 Å². The van der Waals surface area contributed by atoms with Crippen molar-refractivity contribution in [1.82, 2.24) is 9.97 Å². The quantitative estimate of drug-likeness (QED) is 0.436. The Labute approximate surface area is 170 Å². The normalized spacial score (nSPS) is 12.3. The van der Waals surface area contributed by atoms with E-state index in [1.165, 1.54) is 11.3 Å². The number of aryl methyl sites for hydroxylation is 1. The number of nitrogens with one attached hydrogen (secondary N) is 2. The molecule has 7 heteroatoms. The standard InChI is InChI=1S/C21H17ClFN3OS/c1-11-9-28-10-17(11)15-5-6-24-20(19(15)23)25-12(2)16-8-13-7-14(22)3-4-18(13)26-21(16)27/h3-10,12H,1-2H3,(H,24,25)(H,26,27)/t12-/m0/s1. The van der Waals surface area contributed by atoms with Crippen LogP contribution in [0.25, 0.3) is 22.0 Å². The van der Waals surface area contributed by atoms with Gasteiger partial charge in [0.2, 0.25) is 0 Å². The number of benzene rings is 1. The fraction of sp³-hybridized carbons (Fsp3) is 0.143. The summed E-state index contributed by atoms with van der Waals surface area (Å²) in [5.41, 5.74) is 3.29. The molecule has 0 aliphatic rings. The number of halogens is 2. The summed E-state index contributed by atoms with van der Waals surface area (Å²) in [4.78, 5) is 19.5. The number of thiophene rings is 1. The van der Waals surface area contributed by atoms with E-state index in [0.717, 1.165) is 16.5 Å². The monoisotopic (exact) mass is 413 g/mol. The molecular formula is C21H17ClFN3OS. The van der Waals surface area contributed by atoms with Crippen LogP contribution < -0.4 is 10.9 Å². The van der Waals surface area contributed by atoms with Crippen molar-refractivity contribution in [3.63, 3.8) is 0 Å². The average Bonchev–Trinajstić information content (AvgIpc) is 3.09. The third kappa shape index (κ3) is 3.41. The Kier molecular flexibility index (Phi) is 4.91. The van der Waals surface area contributed by atoms with Crippen molar-refractivity contribution in [3.8, 4) is 11.1 Å². The van der Waals surface area contributed by atoms with Crippen molar-refractivity contribution < 1.29 is 4.39 Å². The third-order valence-electron chi connectivity index (χ3n) is 4.69. The minimum atomic E-state index is -0.451. The molecule has 0 radical (unpaired) electrons. The first-order chi connectivity index (χ1) is 13.4. The van der Waals surface area contributed by atoms with Crippen molar-refractivity contribution in [1.29, 1.82) is 0 Å². The number of nitrogens with zero attached hydrogens (tertiary/aromatic N) is 1. The minimum absolute atomic E-state index is 0.112.